The predicted molar refractivity (Wildman–Crippen MR) is 60.5 cm³/mol. The summed E-state index contributed by atoms with van der Waals surface area (Å²) in [5.74, 6) is -2.37. The van der Waals surface area contributed by atoms with Crippen molar-refractivity contribution in [3.05, 3.63) is 0 Å². The molecule has 5 nitrogen and oxygen atoms in total. The minimum Gasteiger partial charge on any atom is -0.464 e. The molecule has 0 aliphatic rings. The molecule has 0 saturated carbocycles. The molecule has 92 valence electrons. The van der Waals surface area contributed by atoms with E-state index in [-0.39, 0.29) is 5.73 Å². The highest BCUT2D eigenvalue weighted by Crippen LogP contribution is 2.10. The summed E-state index contributed by atoms with van der Waals surface area (Å²) in [6.45, 7) is 8.58. The number of ketones is 1. The largest absolute Gasteiger partial charge is 0.464 e. The number of hydrogen-bond acceptors (Lipinski definition) is 5. The molecule has 0 heterocycles. The number of carbonyl (C=O) groups is 3. The molecule has 0 aliphatic carbocycles. The minimum absolute atomic E-state index is 0.156. The average Bonchev–Trinajstić information content (AvgIpc) is 2.12. The highest BCUT2D eigenvalue weighted by Gasteiger charge is 2.26. The summed E-state index contributed by atoms with van der Waals surface area (Å²) >= 11 is 0. The first-order valence-corrected chi connectivity index (χ1v) is 8.59. The minimum atomic E-state index is -1.55. The maximum atomic E-state index is 11.2. The van der Waals surface area contributed by atoms with Crippen LogP contribution in [0, 0.1) is 0 Å². The van der Waals surface area contributed by atoms with Crippen molar-refractivity contribution in [2.45, 2.75) is 39.2 Å². The number of rotatable bonds is 5. The smallest absolute Gasteiger partial charge is 0.374 e. The van der Waals surface area contributed by atoms with Crippen molar-refractivity contribution in [2.24, 2.45) is 0 Å². The van der Waals surface area contributed by atoms with E-state index in [1.807, 2.05) is 6.92 Å². The van der Waals surface area contributed by atoms with Gasteiger partial charge in [-0.05, 0) is 6.92 Å². The van der Waals surface area contributed by atoms with Crippen molar-refractivity contribution in [2.75, 3.05) is 6.61 Å². The van der Waals surface area contributed by atoms with Gasteiger partial charge in [-0.2, -0.15) is 0 Å². The Kier molecular flexibility index (Phi) is 5.36. The molecule has 1 atom stereocenters. The fraction of sp³-hybridized carbons (Fsp3) is 0.700. The molecule has 1 unspecified atom stereocenters. The van der Waals surface area contributed by atoms with Crippen LogP contribution in [-0.2, 0) is 23.9 Å². The Bertz CT molecular complexity index is 292. The van der Waals surface area contributed by atoms with Gasteiger partial charge in [-0.25, -0.2) is 9.59 Å². The van der Waals surface area contributed by atoms with Crippen LogP contribution in [0.3, 0.4) is 0 Å². The van der Waals surface area contributed by atoms with E-state index in [9.17, 15) is 14.4 Å². The van der Waals surface area contributed by atoms with E-state index in [4.69, 9.17) is 4.74 Å². The predicted octanol–water partition coefficient (Wildman–Crippen LogP) is 0.928. The first-order valence-electron chi connectivity index (χ1n) is 5.01. The van der Waals surface area contributed by atoms with Crippen LogP contribution in [-0.4, -0.2) is 38.1 Å². The van der Waals surface area contributed by atoms with Gasteiger partial charge in [-0.15, -0.1) is 0 Å². The molecule has 6 heteroatoms. The second kappa shape index (κ2) is 5.79. The lowest BCUT2D eigenvalue weighted by atomic mass is 10.5. The van der Waals surface area contributed by atoms with Gasteiger partial charge >= 0.3 is 11.9 Å². The molecular formula is C10H18O5Si. The summed E-state index contributed by atoms with van der Waals surface area (Å²) in [7, 11) is -1.55. The molecule has 0 aromatic rings. The summed E-state index contributed by atoms with van der Waals surface area (Å²) in [6.07, 6.45) is 0. The maximum Gasteiger partial charge on any atom is 0.374 e. The lowest BCUT2D eigenvalue weighted by Gasteiger charge is -2.24. The molecule has 0 spiro atoms. The normalized spacial score (nSPS) is 12.8. The lowest BCUT2D eigenvalue weighted by Crippen LogP contribution is -2.40. The number of carbonyl (C=O) groups excluding carboxylic acids is 3. The van der Waals surface area contributed by atoms with E-state index >= 15 is 0 Å². The molecular weight excluding hydrogens is 228 g/mol. The zero-order chi connectivity index (χ0) is 12.9. The van der Waals surface area contributed by atoms with Gasteiger partial charge in [-0.3, -0.25) is 4.79 Å². The van der Waals surface area contributed by atoms with Gasteiger partial charge in [0.15, 0.2) is 6.61 Å². The summed E-state index contributed by atoms with van der Waals surface area (Å²) in [6, 6.07) is 0. The molecule has 0 amide bonds. The topological polar surface area (TPSA) is 69.7 Å². The molecule has 0 bridgehead atoms. The second-order valence-electron chi connectivity index (χ2n) is 4.63. The van der Waals surface area contributed by atoms with Crippen LogP contribution in [0.25, 0.3) is 0 Å². The zero-order valence-electron chi connectivity index (χ0n) is 10.3. The van der Waals surface area contributed by atoms with Crippen LogP contribution in [0.2, 0.25) is 19.6 Å². The van der Waals surface area contributed by atoms with Crippen molar-refractivity contribution in [1.82, 2.24) is 0 Å². The highest BCUT2D eigenvalue weighted by atomic mass is 28.3. The first kappa shape index (κ1) is 14.8. The van der Waals surface area contributed by atoms with Gasteiger partial charge < -0.3 is 9.47 Å². The molecule has 0 fully saturated rings. The molecule has 16 heavy (non-hydrogen) atoms. The van der Waals surface area contributed by atoms with E-state index in [1.54, 1.807) is 0 Å². The standard InChI is InChI=1S/C10H18O5Si/c1-7(11)10(13)14-6-9(12)15-8(2)16(3,4)5/h8H,6H2,1-5H3. The zero-order valence-corrected chi connectivity index (χ0v) is 11.3. The van der Waals surface area contributed by atoms with Crippen molar-refractivity contribution in [1.29, 1.82) is 0 Å². The van der Waals surface area contributed by atoms with Gasteiger partial charge in [0.05, 0.1) is 13.8 Å². The Hall–Kier alpha value is -1.17. The van der Waals surface area contributed by atoms with Crippen LogP contribution in [0.4, 0.5) is 0 Å². The van der Waals surface area contributed by atoms with Crippen LogP contribution >= 0.6 is 0 Å². The Morgan fingerprint density at radius 2 is 1.69 bits per heavy atom. The Morgan fingerprint density at radius 1 is 1.19 bits per heavy atom. The van der Waals surface area contributed by atoms with Crippen LogP contribution < -0.4 is 0 Å². The van der Waals surface area contributed by atoms with Crippen molar-refractivity contribution >= 4 is 25.8 Å². The first-order chi connectivity index (χ1) is 7.14. The summed E-state index contributed by atoms with van der Waals surface area (Å²) < 4.78 is 9.51. The fourth-order valence-electron chi connectivity index (χ4n) is 0.634. The van der Waals surface area contributed by atoms with E-state index < -0.39 is 32.4 Å². The molecule has 0 aromatic heterocycles. The number of ether oxygens (including phenoxy) is 2. The van der Waals surface area contributed by atoms with E-state index in [2.05, 4.69) is 24.4 Å². The lowest BCUT2D eigenvalue weighted by molar-refractivity contribution is -0.162. The van der Waals surface area contributed by atoms with Crippen molar-refractivity contribution in [3.8, 4) is 0 Å². The molecule has 0 rings (SSSR count). The highest BCUT2D eigenvalue weighted by molar-refractivity contribution is 6.77. The van der Waals surface area contributed by atoms with Crippen LogP contribution in [0.1, 0.15) is 13.8 Å². The third-order valence-electron chi connectivity index (χ3n) is 2.14. The maximum absolute atomic E-state index is 11.2. The average molecular weight is 246 g/mol. The van der Waals surface area contributed by atoms with E-state index in [0.717, 1.165) is 6.92 Å². The monoisotopic (exact) mass is 246 g/mol. The molecule has 0 radical (unpaired) electrons. The third-order valence-corrected chi connectivity index (χ3v) is 4.69. The number of Topliss-reactive ketones (excluding diaryl/α,β-unsaturated/α-hetero) is 1. The molecule has 0 aromatic carbocycles. The third kappa shape index (κ3) is 5.65. The van der Waals surface area contributed by atoms with Gasteiger partial charge in [0.2, 0.25) is 5.78 Å². The molecule has 0 aliphatic heterocycles. The van der Waals surface area contributed by atoms with Gasteiger partial charge in [0, 0.05) is 6.92 Å². The molecule has 0 saturated heterocycles. The van der Waals surface area contributed by atoms with Crippen molar-refractivity contribution < 1.29 is 23.9 Å². The summed E-state index contributed by atoms with van der Waals surface area (Å²) in [5.41, 5.74) is -0.156. The number of hydrogen-bond donors (Lipinski definition) is 0. The SMILES string of the molecule is CC(=O)C(=O)OCC(=O)OC(C)[Si](C)(C)C. The number of esters is 2. The van der Waals surface area contributed by atoms with Gasteiger partial charge in [0.1, 0.15) is 0 Å². The Labute approximate surface area is 96.1 Å². The summed E-state index contributed by atoms with van der Waals surface area (Å²) in [5, 5.41) is 0. The van der Waals surface area contributed by atoms with Crippen LogP contribution in [0.5, 0.6) is 0 Å². The van der Waals surface area contributed by atoms with Crippen LogP contribution in [0.15, 0.2) is 0 Å². The van der Waals surface area contributed by atoms with Crippen molar-refractivity contribution in [3.63, 3.8) is 0 Å². The van der Waals surface area contributed by atoms with E-state index in [0.29, 0.717) is 0 Å². The second-order valence-corrected chi connectivity index (χ2v) is 10.2. The van der Waals surface area contributed by atoms with E-state index in [1.165, 1.54) is 0 Å². The Morgan fingerprint density at radius 3 is 2.06 bits per heavy atom. The van der Waals surface area contributed by atoms with Gasteiger partial charge in [-0.1, -0.05) is 19.6 Å². The Balaban J connectivity index is 4.02. The molecule has 0 N–H and O–H groups in total. The quantitative estimate of drug-likeness (QED) is 0.410. The summed E-state index contributed by atoms with van der Waals surface area (Å²) in [4.78, 5) is 32.5. The fourth-order valence-corrected chi connectivity index (χ4v) is 1.12. The van der Waals surface area contributed by atoms with Gasteiger partial charge in [0.25, 0.3) is 0 Å².